The Bertz CT molecular complexity index is 1410. The van der Waals surface area contributed by atoms with Crippen LogP contribution in [0.1, 0.15) is 80.4 Å². The molecule has 2 aromatic rings. The van der Waals surface area contributed by atoms with Gasteiger partial charge in [0.2, 0.25) is 17.9 Å². The number of fused-ring (bicyclic) bond motifs is 2. The fraction of sp³-hybridized carbons (Fsp3) is 0.688. The zero-order chi connectivity index (χ0) is 30.7. The second-order valence-corrected chi connectivity index (χ2v) is 12.9. The van der Waals surface area contributed by atoms with E-state index in [0.717, 1.165) is 48.6 Å². The Morgan fingerprint density at radius 3 is 2.57 bits per heavy atom. The van der Waals surface area contributed by atoms with Crippen LogP contribution in [0, 0.1) is 11.8 Å². The van der Waals surface area contributed by atoms with Crippen LogP contribution >= 0.6 is 0 Å². The highest BCUT2D eigenvalue weighted by Gasteiger charge is 2.49. The Kier molecular flexibility index (Phi) is 7.98. The number of carbonyl (C=O) groups excluding carboxylic acids is 2. The molecular weight excluding hydrogens is 574 g/mol. The van der Waals surface area contributed by atoms with Gasteiger partial charge in [-0.1, -0.05) is 6.42 Å². The van der Waals surface area contributed by atoms with E-state index in [4.69, 9.17) is 23.4 Å². The van der Waals surface area contributed by atoms with Crippen molar-refractivity contribution >= 4 is 22.8 Å². The summed E-state index contributed by atoms with van der Waals surface area (Å²) in [4.78, 5) is 26.3. The molecule has 44 heavy (non-hydrogen) atoms. The fourth-order valence-electron chi connectivity index (χ4n) is 8.13. The average Bonchev–Trinajstić information content (AvgIpc) is 3.58. The standard InChI is InChI=1S/C32H41NO11/c1-2-40-31(39)15-8-14-9-17-19(11-33-30(17)38)20-13-41-28-23(20)22(14)18(10-15)27(29(28)42-16-6-4-3-5-7-16)44-32-26(37)25(36)24(35)21(12-34)43-32/h13-17,19,21,24-26,32,34-37H,2-12H2,1H3,(H,33,38)/t14-,15+,17+,19+,21+,24+,25-,26+,32+/m0/s1. The van der Waals surface area contributed by atoms with Crippen molar-refractivity contribution in [3.63, 3.8) is 0 Å². The van der Waals surface area contributed by atoms with E-state index < -0.39 is 43.2 Å². The number of hydrogen-bond acceptors (Lipinski definition) is 11. The van der Waals surface area contributed by atoms with Crippen molar-refractivity contribution in [1.29, 1.82) is 0 Å². The summed E-state index contributed by atoms with van der Waals surface area (Å²) in [5, 5.41) is 45.6. The first-order valence-electron chi connectivity index (χ1n) is 16.0. The highest BCUT2D eigenvalue weighted by atomic mass is 16.7. The van der Waals surface area contributed by atoms with Gasteiger partial charge in [0.15, 0.2) is 11.3 Å². The van der Waals surface area contributed by atoms with Gasteiger partial charge < -0.3 is 49.1 Å². The largest absolute Gasteiger partial charge is 0.483 e. The monoisotopic (exact) mass is 615 g/mol. The minimum absolute atomic E-state index is 0.0200. The van der Waals surface area contributed by atoms with Crippen molar-refractivity contribution in [3.05, 3.63) is 23.0 Å². The van der Waals surface area contributed by atoms with Gasteiger partial charge in [-0.15, -0.1) is 0 Å². The number of amides is 1. The first-order valence-corrected chi connectivity index (χ1v) is 16.0. The van der Waals surface area contributed by atoms with Gasteiger partial charge in [-0.25, -0.2) is 0 Å². The zero-order valence-electron chi connectivity index (χ0n) is 24.8. The fourth-order valence-corrected chi connectivity index (χ4v) is 8.13. The third kappa shape index (κ3) is 4.86. The van der Waals surface area contributed by atoms with Crippen LogP contribution in [0.15, 0.2) is 10.7 Å². The SMILES string of the molecule is CCOC(=O)[C@H]1Cc2c(O[C@H]3O[C@H](CO)[C@@H](O)[C@H](O)[C@H]3O)c(OC3CCCCC3)c3occ4c3c2[C@@H](C1)C[C@H]1C(=O)NC[C@@H]41. The summed E-state index contributed by atoms with van der Waals surface area (Å²) in [6.45, 7) is 1.88. The lowest BCUT2D eigenvalue weighted by Gasteiger charge is -2.41. The number of carbonyl (C=O) groups is 2. The van der Waals surface area contributed by atoms with Gasteiger partial charge in [0.25, 0.3) is 0 Å². The maximum Gasteiger partial charge on any atom is 0.309 e. The summed E-state index contributed by atoms with van der Waals surface area (Å²) in [6, 6.07) is 0. The van der Waals surface area contributed by atoms with Crippen molar-refractivity contribution in [2.45, 2.75) is 107 Å². The Labute approximate surface area is 254 Å². The van der Waals surface area contributed by atoms with Crippen LogP contribution in [0.5, 0.6) is 11.5 Å². The summed E-state index contributed by atoms with van der Waals surface area (Å²) in [5.41, 5.74) is 3.02. The molecule has 3 heterocycles. The Hall–Kier alpha value is -2.90. The molecule has 240 valence electrons. The minimum atomic E-state index is -1.65. The van der Waals surface area contributed by atoms with E-state index in [1.807, 2.05) is 0 Å². The smallest absolute Gasteiger partial charge is 0.309 e. The van der Waals surface area contributed by atoms with Crippen LogP contribution < -0.4 is 14.8 Å². The van der Waals surface area contributed by atoms with Gasteiger partial charge in [-0.3, -0.25) is 9.59 Å². The third-order valence-electron chi connectivity index (χ3n) is 10.3. The van der Waals surface area contributed by atoms with E-state index in [1.165, 1.54) is 0 Å². The van der Waals surface area contributed by atoms with Crippen molar-refractivity contribution in [2.24, 2.45) is 11.8 Å². The quantitative estimate of drug-likeness (QED) is 0.287. The maximum atomic E-state index is 13.2. The molecule has 1 amide bonds. The van der Waals surface area contributed by atoms with Gasteiger partial charge in [-0.2, -0.15) is 0 Å². The maximum absolute atomic E-state index is 13.2. The van der Waals surface area contributed by atoms with E-state index in [2.05, 4.69) is 5.32 Å². The topological polar surface area (TPSA) is 177 Å². The number of nitrogens with one attached hydrogen (secondary N) is 1. The predicted molar refractivity (Wildman–Crippen MR) is 153 cm³/mol. The summed E-state index contributed by atoms with van der Waals surface area (Å²) in [6.07, 6.45) is 0.212. The van der Waals surface area contributed by atoms with Crippen LogP contribution in [0.2, 0.25) is 0 Å². The molecule has 0 unspecified atom stereocenters. The summed E-state index contributed by atoms with van der Waals surface area (Å²) in [5.74, 6) is -0.887. The molecule has 9 atom stereocenters. The van der Waals surface area contributed by atoms with E-state index in [9.17, 15) is 30.0 Å². The lowest BCUT2D eigenvalue weighted by Crippen LogP contribution is -2.60. The molecule has 7 rings (SSSR count). The van der Waals surface area contributed by atoms with Crippen molar-refractivity contribution < 1.29 is 53.4 Å². The van der Waals surface area contributed by atoms with Gasteiger partial charge in [-0.05, 0) is 63.4 Å². The van der Waals surface area contributed by atoms with Gasteiger partial charge in [0.1, 0.15) is 24.4 Å². The van der Waals surface area contributed by atoms with Gasteiger partial charge >= 0.3 is 5.97 Å². The second-order valence-electron chi connectivity index (χ2n) is 12.9. The van der Waals surface area contributed by atoms with Crippen LogP contribution in [0.3, 0.4) is 0 Å². The Balaban J connectivity index is 1.42. The lowest BCUT2D eigenvalue weighted by molar-refractivity contribution is -0.277. The number of hydrogen-bond donors (Lipinski definition) is 5. The van der Waals surface area contributed by atoms with E-state index in [-0.39, 0.29) is 54.5 Å². The molecule has 2 saturated heterocycles. The molecule has 12 nitrogen and oxygen atoms in total. The number of benzene rings is 1. The van der Waals surface area contributed by atoms with Gasteiger partial charge in [0.05, 0.1) is 31.5 Å². The molecule has 0 spiro atoms. The number of esters is 1. The summed E-state index contributed by atoms with van der Waals surface area (Å²) >= 11 is 0. The van der Waals surface area contributed by atoms with Crippen LogP contribution in [-0.2, 0) is 25.5 Å². The molecule has 1 aromatic carbocycles. The van der Waals surface area contributed by atoms with E-state index >= 15 is 0 Å². The normalized spacial score (nSPS) is 35.1. The molecule has 1 aromatic heterocycles. The van der Waals surface area contributed by atoms with Crippen LogP contribution in [0.25, 0.3) is 11.0 Å². The molecule has 1 saturated carbocycles. The highest BCUT2D eigenvalue weighted by molar-refractivity contribution is 5.97. The molecule has 3 fully saturated rings. The minimum Gasteiger partial charge on any atom is -0.483 e. The molecule has 5 aliphatic rings. The predicted octanol–water partition coefficient (Wildman–Crippen LogP) is 1.77. The molecule has 12 heteroatoms. The molecule has 0 bridgehead atoms. The third-order valence-corrected chi connectivity index (χ3v) is 10.3. The molecule has 2 aliphatic heterocycles. The van der Waals surface area contributed by atoms with Gasteiger partial charge in [0, 0.05) is 34.9 Å². The highest BCUT2D eigenvalue weighted by Crippen LogP contribution is 2.57. The van der Waals surface area contributed by atoms with Crippen molar-refractivity contribution in [2.75, 3.05) is 19.8 Å². The number of aliphatic hydroxyl groups is 4. The summed E-state index contributed by atoms with van der Waals surface area (Å²) < 4.78 is 30.7. The summed E-state index contributed by atoms with van der Waals surface area (Å²) in [7, 11) is 0. The molecular formula is C32H41NO11. The number of ether oxygens (including phenoxy) is 4. The Morgan fingerprint density at radius 2 is 1.82 bits per heavy atom. The van der Waals surface area contributed by atoms with E-state index in [0.29, 0.717) is 36.3 Å². The average molecular weight is 616 g/mol. The van der Waals surface area contributed by atoms with Crippen LogP contribution in [-0.4, -0.2) is 88.9 Å². The molecule has 5 N–H and O–H groups in total. The lowest BCUT2D eigenvalue weighted by atomic mass is 9.72. The van der Waals surface area contributed by atoms with Crippen LogP contribution in [0.4, 0.5) is 0 Å². The van der Waals surface area contributed by atoms with Crippen molar-refractivity contribution in [3.8, 4) is 11.5 Å². The molecule has 3 aliphatic carbocycles. The first-order chi connectivity index (χ1) is 21.3. The van der Waals surface area contributed by atoms with E-state index in [1.54, 1.807) is 13.2 Å². The number of furan rings is 1. The van der Waals surface area contributed by atoms with Crippen molar-refractivity contribution in [1.82, 2.24) is 5.32 Å². The number of aliphatic hydroxyl groups excluding tert-OH is 4. The number of rotatable bonds is 7. The first kappa shape index (κ1) is 29.8. The molecule has 0 radical (unpaired) electrons. The Morgan fingerprint density at radius 1 is 1.02 bits per heavy atom. The second kappa shape index (κ2) is 11.8. The zero-order valence-corrected chi connectivity index (χ0v) is 24.8.